The van der Waals surface area contributed by atoms with E-state index >= 15 is 0 Å². The van der Waals surface area contributed by atoms with Gasteiger partial charge in [0.15, 0.2) is 0 Å². The Morgan fingerprint density at radius 3 is 2.83 bits per heavy atom. The monoisotopic (exact) mass is 318 g/mol. The number of rotatable bonds is 7. The van der Waals surface area contributed by atoms with Gasteiger partial charge >= 0.3 is 0 Å². The van der Waals surface area contributed by atoms with Gasteiger partial charge in [-0.1, -0.05) is 0 Å². The maximum atomic E-state index is 10.1. The van der Waals surface area contributed by atoms with Crippen LogP contribution in [0, 0.1) is 0 Å². The van der Waals surface area contributed by atoms with Crippen LogP contribution in [-0.4, -0.2) is 65.4 Å². The van der Waals surface area contributed by atoms with Gasteiger partial charge in [-0.2, -0.15) is 0 Å². The highest BCUT2D eigenvalue weighted by Gasteiger charge is 2.20. The van der Waals surface area contributed by atoms with Crippen molar-refractivity contribution in [2.24, 2.45) is 0 Å². The summed E-state index contributed by atoms with van der Waals surface area (Å²) in [5, 5.41) is 10.1. The third-order valence-corrected chi connectivity index (χ3v) is 3.85. The zero-order valence-electron chi connectivity index (χ0n) is 13.0. The first-order chi connectivity index (χ1) is 11.3. The van der Waals surface area contributed by atoms with Crippen molar-refractivity contribution in [3.05, 3.63) is 42.7 Å². The third kappa shape index (κ3) is 4.75. The number of aliphatic hydroxyl groups is 1. The molecule has 124 valence electrons. The van der Waals surface area contributed by atoms with Gasteiger partial charge < -0.3 is 19.2 Å². The number of furan rings is 1. The molecule has 1 unspecified atom stereocenters. The van der Waals surface area contributed by atoms with Crippen LogP contribution < -0.4 is 4.90 Å². The molecule has 0 aromatic carbocycles. The van der Waals surface area contributed by atoms with Gasteiger partial charge in [-0.05, 0) is 12.1 Å². The Balaban J connectivity index is 1.35. The van der Waals surface area contributed by atoms with E-state index in [1.54, 1.807) is 24.9 Å². The van der Waals surface area contributed by atoms with E-state index in [0.717, 1.165) is 37.8 Å². The van der Waals surface area contributed by atoms with E-state index in [1.807, 2.05) is 12.1 Å². The number of aliphatic hydroxyl groups excluding tert-OH is 1. The van der Waals surface area contributed by atoms with Crippen LogP contribution in [0.3, 0.4) is 0 Å². The first kappa shape index (κ1) is 15.9. The number of piperazine rings is 1. The van der Waals surface area contributed by atoms with E-state index in [0.29, 0.717) is 19.8 Å². The molecule has 3 heterocycles. The largest absolute Gasteiger partial charge is 0.467 e. The lowest BCUT2D eigenvalue weighted by Crippen LogP contribution is -2.49. The molecule has 0 bridgehead atoms. The molecule has 1 N–H and O–H groups in total. The quantitative estimate of drug-likeness (QED) is 0.808. The molecule has 3 rings (SSSR count). The molecule has 0 radical (unpaired) electrons. The molecule has 23 heavy (non-hydrogen) atoms. The summed E-state index contributed by atoms with van der Waals surface area (Å²) in [5.74, 6) is 1.68. The van der Waals surface area contributed by atoms with Crippen molar-refractivity contribution in [2.75, 3.05) is 44.2 Å². The van der Waals surface area contributed by atoms with Crippen LogP contribution >= 0.6 is 0 Å². The van der Waals surface area contributed by atoms with Gasteiger partial charge in [0.1, 0.15) is 18.2 Å². The Morgan fingerprint density at radius 1 is 1.26 bits per heavy atom. The summed E-state index contributed by atoms with van der Waals surface area (Å²) in [6.07, 6.45) is 6.30. The second kappa shape index (κ2) is 8.05. The standard InChI is InChI=1S/C16H22N4O3/c21-14(12-22-13-15-2-1-9-23-15)11-19-5-7-20(8-6-19)16-10-17-3-4-18-16/h1-4,9-10,14,21H,5-8,11-13H2. The van der Waals surface area contributed by atoms with E-state index in [1.165, 1.54) is 0 Å². The highest BCUT2D eigenvalue weighted by atomic mass is 16.5. The molecule has 0 aliphatic carbocycles. The first-order valence-electron chi connectivity index (χ1n) is 7.83. The van der Waals surface area contributed by atoms with Crippen molar-refractivity contribution < 1.29 is 14.3 Å². The molecule has 2 aromatic rings. The lowest BCUT2D eigenvalue weighted by atomic mass is 10.2. The lowest BCUT2D eigenvalue weighted by molar-refractivity contribution is 0.00440. The Kier molecular flexibility index (Phi) is 5.57. The van der Waals surface area contributed by atoms with Gasteiger partial charge in [0.25, 0.3) is 0 Å². The van der Waals surface area contributed by atoms with Crippen LogP contribution in [0.2, 0.25) is 0 Å². The topological polar surface area (TPSA) is 74.9 Å². The summed E-state index contributed by atoms with van der Waals surface area (Å²) in [6.45, 7) is 4.89. The SMILES string of the molecule is OC(COCc1ccco1)CN1CCN(c2cnccn2)CC1. The van der Waals surface area contributed by atoms with Gasteiger partial charge in [-0.15, -0.1) is 0 Å². The fraction of sp³-hybridized carbons (Fsp3) is 0.500. The molecule has 7 heteroatoms. The zero-order chi connectivity index (χ0) is 15.9. The van der Waals surface area contributed by atoms with E-state index in [2.05, 4.69) is 19.8 Å². The Hall–Kier alpha value is -1.96. The minimum absolute atomic E-state index is 0.311. The molecule has 1 atom stereocenters. The number of hydrogen-bond donors (Lipinski definition) is 1. The normalized spacial score (nSPS) is 17.3. The molecule has 1 fully saturated rings. The number of ether oxygens (including phenoxy) is 1. The van der Waals surface area contributed by atoms with Gasteiger partial charge in [-0.25, -0.2) is 4.98 Å². The molecule has 1 aliphatic rings. The molecule has 1 saturated heterocycles. The van der Waals surface area contributed by atoms with Gasteiger partial charge in [-0.3, -0.25) is 9.88 Å². The fourth-order valence-electron chi connectivity index (χ4n) is 2.66. The number of nitrogens with zero attached hydrogens (tertiary/aromatic N) is 4. The number of β-amino-alcohol motifs (C(OH)–C–C–N with tert-alkyl or cyclic N) is 1. The molecular weight excluding hydrogens is 296 g/mol. The van der Waals surface area contributed by atoms with Crippen molar-refractivity contribution in [3.8, 4) is 0 Å². The van der Waals surface area contributed by atoms with Crippen molar-refractivity contribution in [1.29, 1.82) is 0 Å². The fourth-order valence-corrected chi connectivity index (χ4v) is 2.66. The molecule has 0 amide bonds. The summed E-state index contributed by atoms with van der Waals surface area (Å²) < 4.78 is 10.7. The van der Waals surface area contributed by atoms with Crippen LogP contribution in [0.5, 0.6) is 0 Å². The van der Waals surface area contributed by atoms with Gasteiger partial charge in [0.05, 0.1) is 25.2 Å². The number of hydrogen-bond acceptors (Lipinski definition) is 7. The third-order valence-electron chi connectivity index (χ3n) is 3.85. The van der Waals surface area contributed by atoms with E-state index in [-0.39, 0.29) is 0 Å². The second-order valence-corrected chi connectivity index (χ2v) is 5.60. The van der Waals surface area contributed by atoms with Crippen LogP contribution in [-0.2, 0) is 11.3 Å². The average Bonchev–Trinajstić information content (AvgIpc) is 3.10. The average molecular weight is 318 g/mol. The Labute approximate surface area is 135 Å². The minimum atomic E-state index is -0.493. The zero-order valence-corrected chi connectivity index (χ0v) is 13.0. The summed E-state index contributed by atoms with van der Waals surface area (Å²) in [7, 11) is 0. The molecule has 1 aliphatic heterocycles. The molecular formula is C16H22N4O3. The van der Waals surface area contributed by atoms with Crippen molar-refractivity contribution >= 4 is 5.82 Å². The molecule has 0 spiro atoms. The first-order valence-corrected chi connectivity index (χ1v) is 7.83. The summed E-state index contributed by atoms with van der Waals surface area (Å²) in [5.41, 5.74) is 0. The minimum Gasteiger partial charge on any atom is -0.467 e. The predicted molar refractivity (Wildman–Crippen MR) is 85.1 cm³/mol. The van der Waals surface area contributed by atoms with E-state index in [4.69, 9.17) is 9.15 Å². The Morgan fingerprint density at radius 2 is 2.13 bits per heavy atom. The summed E-state index contributed by atoms with van der Waals surface area (Å²) in [4.78, 5) is 12.9. The second-order valence-electron chi connectivity index (χ2n) is 5.60. The Bertz CT molecular complexity index is 556. The summed E-state index contributed by atoms with van der Waals surface area (Å²) in [6, 6.07) is 3.68. The lowest BCUT2D eigenvalue weighted by Gasteiger charge is -2.35. The van der Waals surface area contributed by atoms with Crippen molar-refractivity contribution in [3.63, 3.8) is 0 Å². The van der Waals surface area contributed by atoms with Gasteiger partial charge in [0.2, 0.25) is 0 Å². The van der Waals surface area contributed by atoms with Crippen LogP contribution in [0.1, 0.15) is 5.76 Å². The smallest absolute Gasteiger partial charge is 0.147 e. The number of anilines is 1. The van der Waals surface area contributed by atoms with Crippen LogP contribution in [0.4, 0.5) is 5.82 Å². The van der Waals surface area contributed by atoms with Crippen molar-refractivity contribution in [2.45, 2.75) is 12.7 Å². The highest BCUT2D eigenvalue weighted by Crippen LogP contribution is 2.11. The maximum absolute atomic E-state index is 10.1. The molecule has 7 nitrogen and oxygen atoms in total. The van der Waals surface area contributed by atoms with E-state index < -0.39 is 6.10 Å². The van der Waals surface area contributed by atoms with Crippen molar-refractivity contribution in [1.82, 2.24) is 14.9 Å². The van der Waals surface area contributed by atoms with Crippen LogP contribution in [0.15, 0.2) is 41.4 Å². The van der Waals surface area contributed by atoms with Gasteiger partial charge in [0, 0.05) is 45.1 Å². The van der Waals surface area contributed by atoms with Crippen LogP contribution in [0.25, 0.3) is 0 Å². The summed E-state index contributed by atoms with van der Waals surface area (Å²) >= 11 is 0. The predicted octanol–water partition coefficient (Wildman–Crippen LogP) is 0.769. The number of aromatic nitrogens is 2. The van der Waals surface area contributed by atoms with E-state index in [9.17, 15) is 5.11 Å². The highest BCUT2D eigenvalue weighted by molar-refractivity contribution is 5.35. The molecule has 2 aromatic heterocycles. The molecule has 0 saturated carbocycles. The maximum Gasteiger partial charge on any atom is 0.147 e.